The van der Waals surface area contributed by atoms with Crippen LogP contribution in [0.3, 0.4) is 0 Å². The second-order valence-electron chi connectivity index (χ2n) is 3.83. The number of hydrogen-bond acceptors (Lipinski definition) is 4. The van der Waals surface area contributed by atoms with E-state index in [-0.39, 0.29) is 0 Å². The van der Waals surface area contributed by atoms with E-state index in [0.717, 1.165) is 17.0 Å². The highest BCUT2D eigenvalue weighted by Crippen LogP contribution is 2.24. The number of nitrogens with one attached hydrogen (secondary N) is 1. The van der Waals surface area contributed by atoms with Crippen molar-refractivity contribution < 1.29 is 4.74 Å². The van der Waals surface area contributed by atoms with Crippen molar-refractivity contribution in [3.63, 3.8) is 0 Å². The van der Waals surface area contributed by atoms with Gasteiger partial charge >= 0.3 is 0 Å². The molecular formula is C12H16N4O. The lowest BCUT2D eigenvalue weighted by molar-refractivity contribution is 0.415. The summed E-state index contributed by atoms with van der Waals surface area (Å²) in [6, 6.07) is 5.54. The molecule has 2 rings (SSSR count). The largest absolute Gasteiger partial charge is 0.497 e. The van der Waals surface area contributed by atoms with Crippen LogP contribution in [0.4, 0.5) is 11.4 Å². The number of hydrogen-bond donors (Lipinski definition) is 2. The van der Waals surface area contributed by atoms with Crippen molar-refractivity contribution in [2.75, 3.05) is 18.2 Å². The lowest BCUT2D eigenvalue weighted by Crippen LogP contribution is -2.02. The molecule has 0 fully saturated rings. The lowest BCUT2D eigenvalue weighted by Gasteiger charge is -2.09. The summed E-state index contributed by atoms with van der Waals surface area (Å²) in [5.74, 6) is 0.785. The molecule has 0 spiro atoms. The number of rotatable bonds is 4. The lowest BCUT2D eigenvalue weighted by atomic mass is 10.2. The van der Waals surface area contributed by atoms with E-state index in [1.54, 1.807) is 11.8 Å². The number of aromatic nitrogens is 2. The van der Waals surface area contributed by atoms with Crippen molar-refractivity contribution in [2.24, 2.45) is 7.05 Å². The number of nitrogens with two attached hydrogens (primary N) is 1. The molecule has 0 saturated heterocycles. The third kappa shape index (κ3) is 2.69. The zero-order valence-electron chi connectivity index (χ0n) is 9.97. The molecule has 90 valence electrons. The zero-order chi connectivity index (χ0) is 12.3. The normalized spacial score (nSPS) is 10.2. The maximum Gasteiger partial charge on any atom is 0.121 e. The fourth-order valence-electron chi connectivity index (χ4n) is 1.58. The van der Waals surface area contributed by atoms with Crippen LogP contribution >= 0.6 is 0 Å². The van der Waals surface area contributed by atoms with Crippen molar-refractivity contribution in [1.82, 2.24) is 9.78 Å². The molecule has 0 aliphatic carbocycles. The maximum absolute atomic E-state index is 5.87. The van der Waals surface area contributed by atoms with Gasteiger partial charge in [0.15, 0.2) is 0 Å². The van der Waals surface area contributed by atoms with Gasteiger partial charge < -0.3 is 15.8 Å². The summed E-state index contributed by atoms with van der Waals surface area (Å²) in [4.78, 5) is 0. The van der Waals surface area contributed by atoms with Crippen LogP contribution in [0.15, 0.2) is 30.6 Å². The summed E-state index contributed by atoms with van der Waals surface area (Å²) in [6.45, 7) is 0.686. The molecule has 1 aromatic carbocycles. The number of methoxy groups -OCH3 is 1. The molecule has 0 unspecified atom stereocenters. The molecule has 5 nitrogen and oxygen atoms in total. The molecule has 0 bridgehead atoms. The fourth-order valence-corrected chi connectivity index (χ4v) is 1.58. The van der Waals surface area contributed by atoms with Gasteiger partial charge in [-0.3, -0.25) is 4.68 Å². The van der Waals surface area contributed by atoms with Gasteiger partial charge in [-0.1, -0.05) is 0 Å². The Hall–Kier alpha value is -2.17. The molecule has 1 heterocycles. The first-order valence-electron chi connectivity index (χ1n) is 5.34. The number of anilines is 2. The fraction of sp³-hybridized carbons (Fsp3) is 0.250. The molecule has 0 saturated carbocycles. The minimum atomic E-state index is 0.686. The molecular weight excluding hydrogens is 216 g/mol. The Balaban J connectivity index is 2.07. The Kier molecular flexibility index (Phi) is 3.18. The van der Waals surface area contributed by atoms with Crippen LogP contribution in [0.2, 0.25) is 0 Å². The predicted molar refractivity (Wildman–Crippen MR) is 67.9 cm³/mol. The Labute approximate surface area is 100 Å². The minimum absolute atomic E-state index is 0.686. The first kappa shape index (κ1) is 11.3. The van der Waals surface area contributed by atoms with Gasteiger partial charge in [-0.15, -0.1) is 0 Å². The van der Waals surface area contributed by atoms with Crippen molar-refractivity contribution in [3.8, 4) is 5.75 Å². The second-order valence-corrected chi connectivity index (χ2v) is 3.83. The highest BCUT2D eigenvalue weighted by Gasteiger charge is 2.02. The highest BCUT2D eigenvalue weighted by atomic mass is 16.5. The molecule has 17 heavy (non-hydrogen) atoms. The highest BCUT2D eigenvalue weighted by molar-refractivity contribution is 5.68. The van der Waals surface area contributed by atoms with Gasteiger partial charge in [-0.25, -0.2) is 0 Å². The average Bonchev–Trinajstić information content (AvgIpc) is 2.74. The molecule has 0 atom stereocenters. The van der Waals surface area contributed by atoms with Crippen LogP contribution < -0.4 is 15.8 Å². The van der Waals surface area contributed by atoms with Gasteiger partial charge in [-0.05, 0) is 12.1 Å². The average molecular weight is 232 g/mol. The Morgan fingerprint density at radius 3 is 2.94 bits per heavy atom. The van der Waals surface area contributed by atoms with E-state index < -0.39 is 0 Å². The third-order valence-corrected chi connectivity index (χ3v) is 2.50. The van der Waals surface area contributed by atoms with E-state index in [9.17, 15) is 0 Å². The van der Waals surface area contributed by atoms with Crippen LogP contribution in [0.25, 0.3) is 0 Å². The topological polar surface area (TPSA) is 65.1 Å². The number of ether oxygens (including phenoxy) is 1. The van der Waals surface area contributed by atoms with Crippen LogP contribution in [0, 0.1) is 0 Å². The van der Waals surface area contributed by atoms with Crippen molar-refractivity contribution in [1.29, 1.82) is 0 Å². The van der Waals surface area contributed by atoms with Gasteiger partial charge in [0.2, 0.25) is 0 Å². The van der Waals surface area contributed by atoms with Crippen molar-refractivity contribution >= 4 is 11.4 Å². The van der Waals surface area contributed by atoms with E-state index in [2.05, 4.69) is 10.4 Å². The van der Waals surface area contributed by atoms with Gasteiger partial charge in [-0.2, -0.15) is 5.10 Å². The van der Waals surface area contributed by atoms with E-state index in [1.807, 2.05) is 37.6 Å². The molecule has 0 radical (unpaired) electrons. The van der Waals surface area contributed by atoms with Gasteiger partial charge in [0.1, 0.15) is 5.75 Å². The smallest absolute Gasteiger partial charge is 0.121 e. The van der Waals surface area contributed by atoms with Crippen LogP contribution in [0.5, 0.6) is 5.75 Å². The first-order valence-corrected chi connectivity index (χ1v) is 5.34. The van der Waals surface area contributed by atoms with E-state index >= 15 is 0 Å². The molecule has 5 heteroatoms. The summed E-state index contributed by atoms with van der Waals surface area (Å²) >= 11 is 0. The Morgan fingerprint density at radius 1 is 1.47 bits per heavy atom. The van der Waals surface area contributed by atoms with E-state index in [4.69, 9.17) is 10.5 Å². The molecule has 2 aromatic rings. The second kappa shape index (κ2) is 4.78. The molecule has 0 aliphatic rings. The number of nitrogen functional groups attached to an aromatic ring is 1. The minimum Gasteiger partial charge on any atom is -0.497 e. The monoisotopic (exact) mass is 232 g/mol. The van der Waals surface area contributed by atoms with Crippen molar-refractivity contribution in [2.45, 2.75) is 6.54 Å². The van der Waals surface area contributed by atoms with Crippen molar-refractivity contribution in [3.05, 3.63) is 36.2 Å². The van der Waals surface area contributed by atoms with Crippen LogP contribution in [-0.4, -0.2) is 16.9 Å². The predicted octanol–water partition coefficient (Wildman–Crippen LogP) is 1.62. The van der Waals surface area contributed by atoms with Crippen LogP contribution in [0.1, 0.15) is 5.56 Å². The van der Waals surface area contributed by atoms with E-state index in [0.29, 0.717) is 12.2 Å². The first-order chi connectivity index (χ1) is 8.19. The van der Waals surface area contributed by atoms with E-state index in [1.165, 1.54) is 0 Å². The Morgan fingerprint density at radius 2 is 2.29 bits per heavy atom. The van der Waals surface area contributed by atoms with Gasteiger partial charge in [0.25, 0.3) is 0 Å². The quantitative estimate of drug-likeness (QED) is 0.786. The molecule has 0 amide bonds. The van der Waals surface area contributed by atoms with Gasteiger partial charge in [0, 0.05) is 31.4 Å². The SMILES string of the molecule is COc1ccc(N)c(NCc2cnn(C)c2)c1. The number of nitrogens with zero attached hydrogens (tertiary/aromatic N) is 2. The standard InChI is InChI=1S/C12H16N4O/c1-16-8-9(7-15-16)6-14-12-5-10(17-2)3-4-11(12)13/h3-5,7-8,14H,6,13H2,1-2H3. The third-order valence-electron chi connectivity index (χ3n) is 2.50. The summed E-state index contributed by atoms with van der Waals surface area (Å²) in [5.41, 5.74) is 8.55. The zero-order valence-corrected chi connectivity index (χ0v) is 9.97. The number of aryl methyl sites for hydroxylation is 1. The summed E-state index contributed by atoms with van der Waals surface area (Å²) in [5, 5.41) is 7.36. The molecule has 3 N–H and O–H groups in total. The van der Waals surface area contributed by atoms with Gasteiger partial charge in [0.05, 0.1) is 24.7 Å². The Bertz CT molecular complexity index is 507. The number of benzene rings is 1. The summed E-state index contributed by atoms with van der Waals surface area (Å²) in [7, 11) is 3.53. The van der Waals surface area contributed by atoms with Crippen LogP contribution in [-0.2, 0) is 13.6 Å². The molecule has 1 aromatic heterocycles. The molecule has 0 aliphatic heterocycles. The summed E-state index contributed by atoms with van der Waals surface area (Å²) < 4.78 is 6.92. The summed E-state index contributed by atoms with van der Waals surface area (Å²) in [6.07, 6.45) is 3.78. The maximum atomic E-state index is 5.87.